The molecule has 2 heterocycles. The van der Waals surface area contributed by atoms with Crippen LogP contribution in [0, 0.1) is 0 Å². The van der Waals surface area contributed by atoms with Crippen molar-refractivity contribution in [2.45, 2.75) is 0 Å². The number of nitrogens with two attached hydrogens (primary N) is 1. The number of imide groups is 1. The molecule has 1 aromatic heterocycles. The van der Waals surface area contributed by atoms with Crippen LogP contribution in [0.5, 0.6) is 0 Å². The van der Waals surface area contributed by atoms with Crippen LogP contribution in [0.25, 0.3) is 17.0 Å². The van der Waals surface area contributed by atoms with Crippen molar-refractivity contribution in [1.29, 1.82) is 0 Å². The topological polar surface area (TPSA) is 98.2 Å². The van der Waals surface area contributed by atoms with Crippen molar-refractivity contribution in [2.24, 2.45) is 0 Å². The van der Waals surface area contributed by atoms with Gasteiger partial charge in [-0.05, 0) is 35.5 Å². The summed E-state index contributed by atoms with van der Waals surface area (Å²) in [6.45, 7) is 0. The van der Waals surface area contributed by atoms with Crippen LogP contribution in [-0.4, -0.2) is 16.3 Å². The van der Waals surface area contributed by atoms with Gasteiger partial charge in [0.1, 0.15) is 0 Å². The van der Waals surface area contributed by atoms with E-state index in [0.29, 0.717) is 21.7 Å². The minimum Gasteiger partial charge on any atom is -0.380 e. The van der Waals surface area contributed by atoms with E-state index in [9.17, 15) is 9.59 Å². The highest BCUT2D eigenvalue weighted by Gasteiger charge is 2.24. The highest BCUT2D eigenvalue weighted by atomic mass is 32.2. The third-order valence-corrected chi connectivity index (χ3v) is 3.27. The number of thioether (sulfide) groups is 1. The maximum atomic E-state index is 11.4. The number of benzene rings is 1. The number of hydrogen-bond donors (Lipinski definition) is 2. The molecule has 0 aliphatic carbocycles. The van der Waals surface area contributed by atoms with Crippen LogP contribution in [0.3, 0.4) is 0 Å². The van der Waals surface area contributed by atoms with Crippen LogP contribution in [-0.2, 0) is 4.79 Å². The van der Waals surface area contributed by atoms with Gasteiger partial charge in [-0.25, -0.2) is 0 Å². The number of hydrogen-bond acceptors (Lipinski definition) is 6. The van der Waals surface area contributed by atoms with E-state index in [2.05, 4.69) is 10.5 Å². The molecule has 3 N–H and O–H groups in total. The number of amides is 2. The van der Waals surface area contributed by atoms with Crippen molar-refractivity contribution in [3.63, 3.8) is 0 Å². The summed E-state index contributed by atoms with van der Waals surface area (Å²) in [6, 6.07) is 5.23. The molecule has 1 aromatic carbocycles. The van der Waals surface area contributed by atoms with Crippen molar-refractivity contribution in [1.82, 2.24) is 10.5 Å². The van der Waals surface area contributed by atoms with Gasteiger partial charge in [-0.15, -0.1) is 0 Å². The standard InChI is InChI=1S/C11H7N3O3S/c12-9-6-3-5(1-2-7(6)17-14-9)4-8-10(15)13-11(16)18-8/h1-4H,(H2,12,14)(H,13,15,16)/b8-4+. The molecular formula is C11H7N3O3S. The lowest BCUT2D eigenvalue weighted by molar-refractivity contribution is -0.115. The first kappa shape index (κ1) is 10.8. The monoisotopic (exact) mass is 261 g/mol. The lowest BCUT2D eigenvalue weighted by atomic mass is 10.1. The SMILES string of the molecule is Nc1noc2ccc(/C=C3/SC(=O)NC3=O)cc12. The van der Waals surface area contributed by atoms with E-state index in [4.69, 9.17) is 10.3 Å². The molecular weight excluding hydrogens is 254 g/mol. The number of rotatable bonds is 1. The Bertz CT molecular complexity index is 705. The number of fused-ring (bicyclic) bond motifs is 1. The van der Waals surface area contributed by atoms with Gasteiger partial charge in [-0.3, -0.25) is 14.9 Å². The van der Waals surface area contributed by atoms with Crippen LogP contribution in [0.15, 0.2) is 27.6 Å². The second-order valence-corrected chi connectivity index (χ2v) is 4.69. The predicted octanol–water partition coefficient (Wildman–Crippen LogP) is 1.73. The Morgan fingerprint density at radius 1 is 1.39 bits per heavy atom. The van der Waals surface area contributed by atoms with E-state index in [1.807, 2.05) is 0 Å². The molecule has 7 heteroatoms. The molecule has 2 amide bonds. The van der Waals surface area contributed by atoms with Gasteiger partial charge in [0.25, 0.3) is 11.1 Å². The number of aromatic nitrogens is 1. The molecule has 1 saturated heterocycles. The number of carbonyl (C=O) groups is 2. The fraction of sp³-hybridized carbons (Fsp3) is 0. The summed E-state index contributed by atoms with van der Waals surface area (Å²) >= 11 is 0.871. The molecule has 1 aliphatic rings. The van der Waals surface area contributed by atoms with Gasteiger partial charge < -0.3 is 10.3 Å². The van der Waals surface area contributed by atoms with E-state index in [0.717, 1.165) is 17.3 Å². The first-order valence-corrected chi connectivity index (χ1v) is 5.85. The molecule has 0 atom stereocenters. The van der Waals surface area contributed by atoms with Crippen molar-refractivity contribution in [2.75, 3.05) is 5.73 Å². The molecule has 0 unspecified atom stereocenters. The Hall–Kier alpha value is -2.28. The summed E-state index contributed by atoms with van der Waals surface area (Å²) < 4.78 is 4.98. The normalized spacial score (nSPS) is 17.7. The van der Waals surface area contributed by atoms with Gasteiger partial charge in [-0.2, -0.15) is 0 Å². The van der Waals surface area contributed by atoms with Gasteiger partial charge in [-0.1, -0.05) is 11.2 Å². The molecule has 0 saturated carbocycles. The Balaban J connectivity index is 2.04. The molecule has 0 radical (unpaired) electrons. The second-order valence-electron chi connectivity index (χ2n) is 3.68. The van der Waals surface area contributed by atoms with Gasteiger partial charge in [0.15, 0.2) is 11.4 Å². The van der Waals surface area contributed by atoms with Crippen LogP contribution < -0.4 is 11.1 Å². The molecule has 3 rings (SSSR count). The van der Waals surface area contributed by atoms with Gasteiger partial charge in [0, 0.05) is 0 Å². The van der Waals surface area contributed by atoms with Gasteiger partial charge in [0.2, 0.25) is 0 Å². The number of anilines is 1. The second kappa shape index (κ2) is 3.88. The molecule has 2 aromatic rings. The maximum Gasteiger partial charge on any atom is 0.290 e. The maximum absolute atomic E-state index is 11.4. The first-order valence-electron chi connectivity index (χ1n) is 5.03. The largest absolute Gasteiger partial charge is 0.380 e. The average Bonchev–Trinajstić information content (AvgIpc) is 2.84. The zero-order valence-electron chi connectivity index (χ0n) is 8.97. The Kier molecular flexibility index (Phi) is 2.34. The fourth-order valence-electron chi connectivity index (χ4n) is 1.64. The van der Waals surface area contributed by atoms with Gasteiger partial charge in [0.05, 0.1) is 10.3 Å². The van der Waals surface area contributed by atoms with Crippen molar-refractivity contribution in [3.8, 4) is 0 Å². The number of nitrogens with one attached hydrogen (secondary N) is 1. The summed E-state index contributed by atoms with van der Waals surface area (Å²) in [5.74, 6) is -0.0896. The summed E-state index contributed by atoms with van der Waals surface area (Å²) in [5, 5.41) is 6.15. The van der Waals surface area contributed by atoms with Crippen LogP contribution in [0.2, 0.25) is 0 Å². The number of nitrogens with zero attached hydrogens (tertiary/aromatic N) is 1. The highest BCUT2D eigenvalue weighted by Crippen LogP contribution is 2.27. The third-order valence-electron chi connectivity index (χ3n) is 2.46. The van der Waals surface area contributed by atoms with Crippen molar-refractivity contribution >= 4 is 45.8 Å². The van der Waals surface area contributed by atoms with Crippen LogP contribution in [0.4, 0.5) is 10.6 Å². The van der Waals surface area contributed by atoms with E-state index in [-0.39, 0.29) is 11.1 Å². The molecule has 90 valence electrons. The van der Waals surface area contributed by atoms with E-state index in [1.165, 1.54) is 0 Å². The summed E-state index contributed by atoms with van der Waals surface area (Å²) in [7, 11) is 0. The summed E-state index contributed by atoms with van der Waals surface area (Å²) in [6.07, 6.45) is 1.62. The van der Waals surface area contributed by atoms with Crippen LogP contribution in [0.1, 0.15) is 5.56 Å². The van der Waals surface area contributed by atoms with E-state index < -0.39 is 0 Å². The zero-order chi connectivity index (χ0) is 12.7. The number of nitrogen functional groups attached to an aromatic ring is 1. The minimum absolute atomic E-state index is 0.296. The Labute approximate surface area is 105 Å². The average molecular weight is 261 g/mol. The fourth-order valence-corrected chi connectivity index (χ4v) is 2.32. The van der Waals surface area contributed by atoms with E-state index in [1.54, 1.807) is 24.3 Å². The zero-order valence-corrected chi connectivity index (χ0v) is 9.78. The predicted molar refractivity (Wildman–Crippen MR) is 67.5 cm³/mol. The summed E-state index contributed by atoms with van der Waals surface area (Å²) in [4.78, 5) is 22.8. The molecule has 0 spiro atoms. The van der Waals surface area contributed by atoms with E-state index >= 15 is 0 Å². The lowest BCUT2D eigenvalue weighted by Crippen LogP contribution is -2.17. The van der Waals surface area contributed by atoms with Crippen molar-refractivity contribution in [3.05, 3.63) is 28.7 Å². The third kappa shape index (κ3) is 1.74. The molecule has 1 fully saturated rings. The molecule has 0 bridgehead atoms. The first-order chi connectivity index (χ1) is 8.63. The molecule has 18 heavy (non-hydrogen) atoms. The van der Waals surface area contributed by atoms with Gasteiger partial charge >= 0.3 is 0 Å². The highest BCUT2D eigenvalue weighted by molar-refractivity contribution is 8.18. The van der Waals surface area contributed by atoms with Crippen LogP contribution >= 0.6 is 11.8 Å². The van der Waals surface area contributed by atoms with Crippen molar-refractivity contribution < 1.29 is 14.1 Å². The molecule has 1 aliphatic heterocycles. The minimum atomic E-state index is -0.386. The smallest absolute Gasteiger partial charge is 0.290 e. The lowest BCUT2D eigenvalue weighted by Gasteiger charge is -1.95. The quantitative estimate of drug-likeness (QED) is 0.758. The molecule has 6 nitrogen and oxygen atoms in total. The Morgan fingerprint density at radius 2 is 2.22 bits per heavy atom. The summed E-state index contributed by atoms with van der Waals surface area (Å²) in [5.41, 5.74) is 6.97. The Morgan fingerprint density at radius 3 is 2.94 bits per heavy atom. The number of carbonyl (C=O) groups excluding carboxylic acids is 2.